The van der Waals surface area contributed by atoms with Crippen LogP contribution in [0.15, 0.2) is 18.2 Å². The van der Waals surface area contributed by atoms with E-state index in [0.717, 1.165) is 11.4 Å². The Morgan fingerprint density at radius 3 is 2.64 bits per heavy atom. The first kappa shape index (κ1) is 9.66. The topological polar surface area (TPSA) is 38.0 Å². The van der Waals surface area contributed by atoms with Crippen LogP contribution in [0.2, 0.25) is 5.02 Å². The second kappa shape index (κ2) is 3.35. The van der Waals surface area contributed by atoms with Crippen molar-refractivity contribution >= 4 is 23.0 Å². The first-order chi connectivity index (χ1) is 6.59. The number of halogens is 1. The molecule has 1 saturated carbocycles. The highest BCUT2D eigenvalue weighted by atomic mass is 35.5. The van der Waals surface area contributed by atoms with Crippen molar-refractivity contribution in [3.05, 3.63) is 23.2 Å². The molecule has 1 aliphatic carbocycles. The maximum atomic E-state index is 5.86. The molecule has 3 N–H and O–H groups in total. The van der Waals surface area contributed by atoms with Gasteiger partial charge in [-0.3, -0.25) is 0 Å². The molecule has 3 heteroatoms. The van der Waals surface area contributed by atoms with Crippen molar-refractivity contribution in [2.75, 3.05) is 11.1 Å². The molecule has 0 radical (unpaired) electrons. The molecule has 0 aromatic heterocycles. The third kappa shape index (κ3) is 1.80. The molecule has 0 spiro atoms. The van der Waals surface area contributed by atoms with Crippen molar-refractivity contribution in [1.29, 1.82) is 0 Å². The Labute approximate surface area is 89.4 Å². The highest BCUT2D eigenvalue weighted by molar-refractivity contribution is 6.31. The smallest absolute Gasteiger partial charge is 0.0579 e. The van der Waals surface area contributed by atoms with Gasteiger partial charge in [-0.15, -0.1) is 0 Å². The summed E-state index contributed by atoms with van der Waals surface area (Å²) in [5.74, 6) is 0. The lowest BCUT2D eigenvalue weighted by molar-refractivity contribution is 0.307. The van der Waals surface area contributed by atoms with Gasteiger partial charge >= 0.3 is 0 Å². The predicted octanol–water partition coefficient (Wildman–Crippen LogP) is 3.28. The van der Waals surface area contributed by atoms with Crippen LogP contribution in [-0.2, 0) is 0 Å². The van der Waals surface area contributed by atoms with E-state index >= 15 is 0 Å². The Bertz CT molecular complexity index is 345. The second-order valence-corrected chi connectivity index (χ2v) is 4.71. The molecular formula is C11H15ClN2. The van der Waals surface area contributed by atoms with Gasteiger partial charge in [0.1, 0.15) is 0 Å². The first-order valence-electron chi connectivity index (χ1n) is 4.92. The molecule has 0 saturated heterocycles. The SMILES string of the molecule is CC1(Nc2ccc(Cl)cc2N)CCC1. The van der Waals surface area contributed by atoms with Crippen molar-refractivity contribution in [3.8, 4) is 0 Å². The fourth-order valence-electron chi connectivity index (χ4n) is 1.80. The van der Waals surface area contributed by atoms with Crippen molar-refractivity contribution in [3.63, 3.8) is 0 Å². The minimum Gasteiger partial charge on any atom is -0.397 e. The number of hydrogen-bond acceptors (Lipinski definition) is 2. The lowest BCUT2D eigenvalue weighted by atomic mass is 9.78. The molecule has 14 heavy (non-hydrogen) atoms. The maximum Gasteiger partial charge on any atom is 0.0579 e. The predicted molar refractivity (Wildman–Crippen MR) is 61.7 cm³/mol. The largest absolute Gasteiger partial charge is 0.397 e. The molecule has 0 bridgehead atoms. The number of benzene rings is 1. The molecular weight excluding hydrogens is 196 g/mol. The van der Waals surface area contributed by atoms with E-state index in [1.54, 1.807) is 6.07 Å². The highest BCUT2D eigenvalue weighted by Gasteiger charge is 2.31. The van der Waals surface area contributed by atoms with E-state index in [1.165, 1.54) is 19.3 Å². The number of anilines is 2. The Morgan fingerprint density at radius 2 is 2.14 bits per heavy atom. The summed E-state index contributed by atoms with van der Waals surface area (Å²) in [6.45, 7) is 2.23. The second-order valence-electron chi connectivity index (χ2n) is 4.27. The summed E-state index contributed by atoms with van der Waals surface area (Å²) < 4.78 is 0. The summed E-state index contributed by atoms with van der Waals surface area (Å²) in [5.41, 5.74) is 7.82. The van der Waals surface area contributed by atoms with E-state index in [-0.39, 0.29) is 5.54 Å². The maximum absolute atomic E-state index is 5.86. The summed E-state index contributed by atoms with van der Waals surface area (Å²) in [6.07, 6.45) is 3.74. The number of nitrogen functional groups attached to an aromatic ring is 1. The molecule has 76 valence electrons. The standard InChI is InChI=1S/C11H15ClN2/c1-11(5-2-6-11)14-10-4-3-8(12)7-9(10)13/h3-4,7,14H,2,5-6,13H2,1H3. The van der Waals surface area contributed by atoms with Crippen LogP contribution >= 0.6 is 11.6 Å². The van der Waals surface area contributed by atoms with E-state index in [2.05, 4.69) is 12.2 Å². The van der Waals surface area contributed by atoms with Gasteiger partial charge in [0.2, 0.25) is 0 Å². The average molecular weight is 211 g/mol. The van der Waals surface area contributed by atoms with E-state index in [9.17, 15) is 0 Å². The summed E-state index contributed by atoms with van der Waals surface area (Å²) in [4.78, 5) is 0. The Morgan fingerprint density at radius 1 is 1.43 bits per heavy atom. The summed E-state index contributed by atoms with van der Waals surface area (Å²) in [5, 5.41) is 4.15. The molecule has 1 fully saturated rings. The van der Waals surface area contributed by atoms with Gasteiger partial charge in [0.15, 0.2) is 0 Å². The molecule has 1 aromatic rings. The summed E-state index contributed by atoms with van der Waals surface area (Å²) >= 11 is 5.83. The zero-order chi connectivity index (χ0) is 10.2. The van der Waals surface area contributed by atoms with Gasteiger partial charge in [0.05, 0.1) is 11.4 Å². The number of nitrogens with one attached hydrogen (secondary N) is 1. The van der Waals surface area contributed by atoms with Gasteiger partial charge in [-0.25, -0.2) is 0 Å². The van der Waals surface area contributed by atoms with E-state index < -0.39 is 0 Å². The van der Waals surface area contributed by atoms with E-state index in [1.807, 2.05) is 12.1 Å². The number of rotatable bonds is 2. The van der Waals surface area contributed by atoms with Crippen molar-refractivity contribution in [2.24, 2.45) is 0 Å². The van der Waals surface area contributed by atoms with E-state index in [0.29, 0.717) is 5.02 Å². The lowest BCUT2D eigenvalue weighted by Crippen LogP contribution is -2.41. The summed E-state index contributed by atoms with van der Waals surface area (Å²) in [6, 6.07) is 5.59. The molecule has 2 rings (SSSR count). The van der Waals surface area contributed by atoms with Crippen LogP contribution in [0.25, 0.3) is 0 Å². The molecule has 2 nitrogen and oxygen atoms in total. The Hall–Kier alpha value is -0.890. The van der Waals surface area contributed by atoms with Crippen molar-refractivity contribution < 1.29 is 0 Å². The van der Waals surface area contributed by atoms with Gasteiger partial charge in [0.25, 0.3) is 0 Å². The van der Waals surface area contributed by atoms with Gasteiger partial charge in [0, 0.05) is 10.6 Å². The van der Waals surface area contributed by atoms with Crippen LogP contribution in [0.1, 0.15) is 26.2 Å². The third-order valence-electron chi connectivity index (χ3n) is 2.91. The zero-order valence-corrected chi connectivity index (χ0v) is 9.06. The van der Waals surface area contributed by atoms with Gasteiger partial charge < -0.3 is 11.1 Å². The van der Waals surface area contributed by atoms with Crippen LogP contribution in [-0.4, -0.2) is 5.54 Å². The monoisotopic (exact) mass is 210 g/mol. The quantitative estimate of drug-likeness (QED) is 0.736. The molecule has 0 heterocycles. The Kier molecular flexibility index (Phi) is 2.31. The minimum atomic E-state index is 0.238. The Balaban J connectivity index is 2.16. The fraction of sp³-hybridized carbons (Fsp3) is 0.455. The molecule has 1 aliphatic rings. The first-order valence-corrected chi connectivity index (χ1v) is 5.30. The van der Waals surface area contributed by atoms with Crippen molar-refractivity contribution in [2.45, 2.75) is 31.7 Å². The van der Waals surface area contributed by atoms with Gasteiger partial charge in [-0.2, -0.15) is 0 Å². The molecule has 0 aliphatic heterocycles. The molecule has 0 amide bonds. The summed E-state index contributed by atoms with van der Waals surface area (Å²) in [7, 11) is 0. The van der Waals surface area contributed by atoms with Crippen LogP contribution in [0.5, 0.6) is 0 Å². The van der Waals surface area contributed by atoms with Crippen LogP contribution in [0, 0.1) is 0 Å². The van der Waals surface area contributed by atoms with Gasteiger partial charge in [-0.05, 0) is 44.4 Å². The van der Waals surface area contributed by atoms with Crippen LogP contribution < -0.4 is 11.1 Å². The molecule has 1 aromatic carbocycles. The highest BCUT2D eigenvalue weighted by Crippen LogP contribution is 2.36. The molecule has 0 unspecified atom stereocenters. The van der Waals surface area contributed by atoms with Crippen LogP contribution in [0.3, 0.4) is 0 Å². The number of nitrogens with two attached hydrogens (primary N) is 1. The van der Waals surface area contributed by atoms with E-state index in [4.69, 9.17) is 17.3 Å². The normalized spacial score (nSPS) is 18.7. The van der Waals surface area contributed by atoms with Crippen LogP contribution in [0.4, 0.5) is 11.4 Å². The average Bonchev–Trinajstić information content (AvgIpc) is 2.07. The molecule has 0 atom stereocenters. The zero-order valence-electron chi connectivity index (χ0n) is 8.31. The number of hydrogen-bond donors (Lipinski definition) is 2. The van der Waals surface area contributed by atoms with Crippen molar-refractivity contribution in [1.82, 2.24) is 0 Å². The minimum absolute atomic E-state index is 0.238. The third-order valence-corrected chi connectivity index (χ3v) is 3.14. The lowest BCUT2D eigenvalue weighted by Gasteiger charge is -2.40. The van der Waals surface area contributed by atoms with Gasteiger partial charge in [-0.1, -0.05) is 11.6 Å². The fourth-order valence-corrected chi connectivity index (χ4v) is 1.99.